The Labute approximate surface area is 133 Å². The Bertz CT molecular complexity index is 730. The summed E-state index contributed by atoms with van der Waals surface area (Å²) in [6, 6.07) is 11.1. The van der Waals surface area contributed by atoms with E-state index in [0.717, 1.165) is 0 Å². The van der Waals surface area contributed by atoms with E-state index < -0.39 is 4.92 Å². The van der Waals surface area contributed by atoms with Crippen molar-refractivity contribution >= 4 is 17.3 Å². The molecule has 1 N–H and O–H groups in total. The van der Waals surface area contributed by atoms with E-state index in [-0.39, 0.29) is 18.0 Å². The molecule has 0 fully saturated rings. The van der Waals surface area contributed by atoms with Crippen molar-refractivity contribution in [3.8, 4) is 11.5 Å². The first-order valence-corrected chi connectivity index (χ1v) is 6.79. The standard InChI is InChI=1S/C16H16N2O5/c1-22-14-8-7-12(10-15(14)23-2)17-16(19)9-11-5-3-4-6-13(11)18(20)21/h3-8,10H,9H2,1-2H3,(H,17,19). The van der Waals surface area contributed by atoms with Gasteiger partial charge in [-0.15, -0.1) is 0 Å². The zero-order chi connectivity index (χ0) is 16.8. The van der Waals surface area contributed by atoms with E-state index in [4.69, 9.17) is 9.47 Å². The summed E-state index contributed by atoms with van der Waals surface area (Å²) < 4.78 is 10.3. The van der Waals surface area contributed by atoms with Crippen molar-refractivity contribution in [2.75, 3.05) is 19.5 Å². The number of benzene rings is 2. The summed E-state index contributed by atoms with van der Waals surface area (Å²) >= 11 is 0. The summed E-state index contributed by atoms with van der Waals surface area (Å²) in [5.41, 5.74) is 0.802. The minimum Gasteiger partial charge on any atom is -0.493 e. The van der Waals surface area contributed by atoms with Crippen LogP contribution in [0.2, 0.25) is 0 Å². The summed E-state index contributed by atoms with van der Waals surface area (Å²) in [5, 5.41) is 13.6. The molecule has 0 saturated carbocycles. The fourth-order valence-corrected chi connectivity index (χ4v) is 2.13. The van der Waals surface area contributed by atoms with Gasteiger partial charge in [0.2, 0.25) is 5.91 Å². The van der Waals surface area contributed by atoms with Gasteiger partial charge in [0.15, 0.2) is 11.5 Å². The third-order valence-electron chi connectivity index (χ3n) is 3.21. The molecule has 0 atom stereocenters. The molecule has 7 nitrogen and oxygen atoms in total. The maximum Gasteiger partial charge on any atom is 0.273 e. The van der Waals surface area contributed by atoms with Crippen molar-refractivity contribution in [2.24, 2.45) is 0 Å². The Morgan fingerprint density at radius 2 is 1.83 bits per heavy atom. The number of carbonyl (C=O) groups is 1. The number of carbonyl (C=O) groups excluding carboxylic acids is 1. The number of ether oxygens (including phenoxy) is 2. The van der Waals surface area contributed by atoms with E-state index in [1.165, 1.54) is 20.3 Å². The summed E-state index contributed by atoms with van der Waals surface area (Å²) in [7, 11) is 3.02. The number of amides is 1. The highest BCUT2D eigenvalue weighted by molar-refractivity contribution is 5.93. The van der Waals surface area contributed by atoms with Gasteiger partial charge in [0.1, 0.15) is 0 Å². The highest BCUT2D eigenvalue weighted by Crippen LogP contribution is 2.29. The lowest BCUT2D eigenvalue weighted by Gasteiger charge is -2.10. The van der Waals surface area contributed by atoms with Crippen LogP contribution in [0.5, 0.6) is 11.5 Å². The van der Waals surface area contributed by atoms with Crippen LogP contribution in [0.3, 0.4) is 0 Å². The number of methoxy groups -OCH3 is 2. The SMILES string of the molecule is COc1ccc(NC(=O)Cc2ccccc2[N+](=O)[O-])cc1OC. The van der Waals surface area contributed by atoms with Crippen LogP contribution in [0.25, 0.3) is 0 Å². The van der Waals surface area contributed by atoms with Crippen molar-refractivity contribution in [3.05, 3.63) is 58.1 Å². The van der Waals surface area contributed by atoms with Crippen molar-refractivity contribution in [2.45, 2.75) is 6.42 Å². The second-order valence-corrected chi connectivity index (χ2v) is 4.68. The second-order valence-electron chi connectivity index (χ2n) is 4.68. The Hall–Kier alpha value is -3.09. The molecule has 2 rings (SSSR count). The molecular formula is C16H16N2O5. The van der Waals surface area contributed by atoms with Gasteiger partial charge in [-0.3, -0.25) is 14.9 Å². The molecular weight excluding hydrogens is 300 g/mol. The number of nitrogens with one attached hydrogen (secondary N) is 1. The van der Waals surface area contributed by atoms with Gasteiger partial charge < -0.3 is 14.8 Å². The van der Waals surface area contributed by atoms with E-state index in [0.29, 0.717) is 22.7 Å². The number of nitrogens with zero attached hydrogens (tertiary/aromatic N) is 1. The maximum atomic E-state index is 12.1. The normalized spacial score (nSPS) is 10.0. The van der Waals surface area contributed by atoms with E-state index in [1.807, 2.05) is 0 Å². The average molecular weight is 316 g/mol. The summed E-state index contributed by atoms with van der Waals surface area (Å²) in [5.74, 6) is 0.673. The average Bonchev–Trinajstić information content (AvgIpc) is 2.54. The fourth-order valence-electron chi connectivity index (χ4n) is 2.13. The summed E-state index contributed by atoms with van der Waals surface area (Å²) in [6.45, 7) is 0. The third kappa shape index (κ3) is 3.97. The molecule has 0 radical (unpaired) electrons. The summed E-state index contributed by atoms with van der Waals surface area (Å²) in [6.07, 6.45) is -0.0918. The lowest BCUT2D eigenvalue weighted by Crippen LogP contribution is -2.15. The van der Waals surface area contributed by atoms with Crippen molar-refractivity contribution in [1.29, 1.82) is 0 Å². The molecule has 0 aliphatic rings. The maximum absolute atomic E-state index is 12.1. The van der Waals surface area contributed by atoms with Crippen LogP contribution in [0.1, 0.15) is 5.56 Å². The van der Waals surface area contributed by atoms with Crippen molar-refractivity contribution in [3.63, 3.8) is 0 Å². The monoisotopic (exact) mass is 316 g/mol. The van der Waals surface area contributed by atoms with Gasteiger partial charge in [0.05, 0.1) is 25.6 Å². The first kappa shape index (κ1) is 16.3. The number of para-hydroxylation sites is 1. The molecule has 1 amide bonds. The number of hydrogen-bond donors (Lipinski definition) is 1. The molecule has 120 valence electrons. The molecule has 7 heteroatoms. The predicted molar refractivity (Wildman–Crippen MR) is 85.0 cm³/mol. The van der Waals surface area contributed by atoms with Crippen LogP contribution >= 0.6 is 0 Å². The molecule has 0 aromatic heterocycles. The topological polar surface area (TPSA) is 90.7 Å². The number of nitro groups is 1. The molecule has 0 aliphatic heterocycles. The Balaban J connectivity index is 2.13. The molecule has 0 spiro atoms. The molecule has 0 aliphatic carbocycles. The first-order valence-electron chi connectivity index (χ1n) is 6.79. The van der Waals surface area contributed by atoms with Crippen molar-refractivity contribution in [1.82, 2.24) is 0 Å². The molecule has 2 aromatic rings. The highest BCUT2D eigenvalue weighted by Gasteiger charge is 2.16. The van der Waals surface area contributed by atoms with E-state index in [1.54, 1.807) is 36.4 Å². The van der Waals surface area contributed by atoms with Gasteiger partial charge in [-0.25, -0.2) is 0 Å². The molecule has 23 heavy (non-hydrogen) atoms. The molecule has 2 aromatic carbocycles. The number of anilines is 1. The fraction of sp³-hybridized carbons (Fsp3) is 0.188. The number of hydrogen-bond acceptors (Lipinski definition) is 5. The minimum atomic E-state index is -0.501. The zero-order valence-corrected chi connectivity index (χ0v) is 12.7. The van der Waals surface area contributed by atoms with Crippen molar-refractivity contribution < 1.29 is 19.2 Å². The summed E-state index contributed by atoms with van der Waals surface area (Å²) in [4.78, 5) is 22.6. The third-order valence-corrected chi connectivity index (χ3v) is 3.21. The Kier molecular flexibility index (Phi) is 5.14. The van der Waals surface area contributed by atoms with E-state index in [9.17, 15) is 14.9 Å². The van der Waals surface area contributed by atoms with Crippen LogP contribution < -0.4 is 14.8 Å². The van der Waals surface area contributed by atoms with Gasteiger partial charge in [-0.1, -0.05) is 18.2 Å². The number of nitro benzene ring substituents is 1. The molecule has 0 heterocycles. The predicted octanol–water partition coefficient (Wildman–Crippen LogP) is 2.79. The Morgan fingerprint density at radius 1 is 1.13 bits per heavy atom. The van der Waals surface area contributed by atoms with Crippen LogP contribution in [-0.4, -0.2) is 25.1 Å². The van der Waals surface area contributed by atoms with Crippen LogP contribution in [-0.2, 0) is 11.2 Å². The van der Waals surface area contributed by atoms with E-state index in [2.05, 4.69) is 5.32 Å². The lowest BCUT2D eigenvalue weighted by atomic mass is 10.1. The van der Waals surface area contributed by atoms with Gasteiger partial charge >= 0.3 is 0 Å². The van der Waals surface area contributed by atoms with E-state index >= 15 is 0 Å². The quantitative estimate of drug-likeness (QED) is 0.653. The molecule has 0 unspecified atom stereocenters. The Morgan fingerprint density at radius 3 is 2.48 bits per heavy atom. The first-order chi connectivity index (χ1) is 11.0. The number of rotatable bonds is 6. The zero-order valence-electron chi connectivity index (χ0n) is 12.7. The minimum absolute atomic E-state index is 0.0741. The van der Waals surface area contributed by atoms with Gasteiger partial charge in [-0.2, -0.15) is 0 Å². The largest absolute Gasteiger partial charge is 0.493 e. The van der Waals surface area contributed by atoms with Gasteiger partial charge in [0.25, 0.3) is 5.69 Å². The smallest absolute Gasteiger partial charge is 0.273 e. The van der Waals surface area contributed by atoms with Crippen LogP contribution in [0, 0.1) is 10.1 Å². The lowest BCUT2D eigenvalue weighted by molar-refractivity contribution is -0.385. The second kappa shape index (κ2) is 7.26. The van der Waals surface area contributed by atoms with Gasteiger partial charge in [0, 0.05) is 23.4 Å². The highest BCUT2D eigenvalue weighted by atomic mass is 16.6. The molecule has 0 saturated heterocycles. The van der Waals surface area contributed by atoms with Crippen LogP contribution in [0.4, 0.5) is 11.4 Å². The molecule has 0 bridgehead atoms. The van der Waals surface area contributed by atoms with Crippen LogP contribution in [0.15, 0.2) is 42.5 Å². The van der Waals surface area contributed by atoms with Gasteiger partial charge in [-0.05, 0) is 12.1 Å².